The molecule has 1 aliphatic heterocycles. The quantitative estimate of drug-likeness (QED) is 0.735. The van der Waals surface area contributed by atoms with E-state index in [9.17, 15) is 4.79 Å². The molecule has 5 nitrogen and oxygen atoms in total. The number of H-pyrrole nitrogens is 1. The van der Waals surface area contributed by atoms with Gasteiger partial charge in [-0.2, -0.15) is 0 Å². The molecule has 1 amide bonds. The van der Waals surface area contributed by atoms with E-state index in [1.54, 1.807) is 0 Å². The third kappa shape index (κ3) is 3.75. The summed E-state index contributed by atoms with van der Waals surface area (Å²) in [6.07, 6.45) is 3.25. The molecule has 2 aromatic heterocycles. The Morgan fingerprint density at radius 1 is 1.21 bits per heavy atom. The number of rotatable bonds is 4. The fraction of sp³-hybridized carbons (Fsp3) is 0.391. The summed E-state index contributed by atoms with van der Waals surface area (Å²) in [5.41, 5.74) is 5.56. The van der Waals surface area contributed by atoms with E-state index in [4.69, 9.17) is 4.74 Å². The van der Waals surface area contributed by atoms with Crippen molar-refractivity contribution in [2.75, 3.05) is 13.1 Å². The molecule has 1 atom stereocenters. The molecule has 0 aliphatic carbocycles. The number of carbonyl (C=O) groups is 1. The molecule has 5 heteroatoms. The maximum atomic E-state index is 12.8. The molecule has 1 saturated heterocycles. The minimum absolute atomic E-state index is 0.0664. The molecular formula is C23H27N3O2. The van der Waals surface area contributed by atoms with Crippen LogP contribution in [0.4, 0.5) is 0 Å². The first-order valence-corrected chi connectivity index (χ1v) is 9.97. The van der Waals surface area contributed by atoms with Gasteiger partial charge in [0.25, 0.3) is 5.91 Å². The Morgan fingerprint density at radius 3 is 2.71 bits per heavy atom. The molecule has 0 unspecified atom stereocenters. The maximum Gasteiger partial charge on any atom is 0.263 e. The summed E-state index contributed by atoms with van der Waals surface area (Å²) in [6, 6.07) is 12.2. The van der Waals surface area contributed by atoms with Gasteiger partial charge in [-0.25, -0.2) is 0 Å². The lowest BCUT2D eigenvalue weighted by Gasteiger charge is -2.33. The summed E-state index contributed by atoms with van der Waals surface area (Å²) in [5.74, 6) is 1.29. The highest BCUT2D eigenvalue weighted by Gasteiger charge is 2.28. The zero-order chi connectivity index (χ0) is 19.7. The first-order chi connectivity index (χ1) is 13.5. The van der Waals surface area contributed by atoms with Crippen LogP contribution in [0.3, 0.4) is 0 Å². The van der Waals surface area contributed by atoms with Gasteiger partial charge in [0.05, 0.1) is 11.0 Å². The van der Waals surface area contributed by atoms with E-state index in [0.717, 1.165) is 48.3 Å². The Morgan fingerprint density at radius 2 is 2.00 bits per heavy atom. The number of hydrogen-bond donors (Lipinski definition) is 1. The first-order valence-electron chi connectivity index (χ1n) is 9.97. The molecule has 0 radical (unpaired) electrons. The van der Waals surface area contributed by atoms with E-state index < -0.39 is 6.10 Å². The zero-order valence-electron chi connectivity index (χ0n) is 16.7. The van der Waals surface area contributed by atoms with Crippen LogP contribution in [0.25, 0.3) is 11.0 Å². The Bertz CT molecular complexity index is 953. The van der Waals surface area contributed by atoms with Gasteiger partial charge < -0.3 is 14.6 Å². The van der Waals surface area contributed by atoms with Crippen molar-refractivity contribution in [3.63, 3.8) is 0 Å². The number of nitrogens with zero attached hydrogens (tertiary/aromatic N) is 2. The molecule has 0 saturated carbocycles. The second kappa shape index (κ2) is 7.66. The summed E-state index contributed by atoms with van der Waals surface area (Å²) in [4.78, 5) is 22.7. The highest BCUT2D eigenvalue weighted by atomic mass is 16.5. The van der Waals surface area contributed by atoms with Gasteiger partial charge in [0.15, 0.2) is 6.10 Å². The Kier molecular flexibility index (Phi) is 5.07. The van der Waals surface area contributed by atoms with E-state index in [0.29, 0.717) is 5.92 Å². The molecule has 0 bridgehead atoms. The smallest absolute Gasteiger partial charge is 0.263 e. The van der Waals surface area contributed by atoms with Crippen LogP contribution in [-0.2, 0) is 4.79 Å². The SMILES string of the molecule is Cc1ccc(O[C@@H](C)C(=O)N2CCC(c3cc4ncccc4[nH]3)CC2)c(C)c1. The van der Waals surface area contributed by atoms with Crippen molar-refractivity contribution in [3.05, 3.63) is 59.4 Å². The number of likely N-dealkylation sites (tertiary alicyclic amines) is 1. The standard InChI is InChI=1S/C23H27N3O2/c1-15-6-7-22(16(2)13-15)28-17(3)23(27)26-11-8-18(9-12-26)20-14-21-19(25-20)5-4-10-24-21/h4-7,10,13-14,17-18,25H,8-9,11-12H2,1-3H3/t17-/m0/s1. The largest absolute Gasteiger partial charge is 0.481 e. The number of benzene rings is 1. The number of fused-ring (bicyclic) bond motifs is 1. The summed E-state index contributed by atoms with van der Waals surface area (Å²) >= 11 is 0. The van der Waals surface area contributed by atoms with E-state index in [1.807, 2.05) is 43.1 Å². The predicted molar refractivity (Wildman–Crippen MR) is 111 cm³/mol. The van der Waals surface area contributed by atoms with Crippen molar-refractivity contribution >= 4 is 16.9 Å². The first kappa shape index (κ1) is 18.5. The van der Waals surface area contributed by atoms with Crippen molar-refractivity contribution in [2.24, 2.45) is 0 Å². The highest BCUT2D eigenvalue weighted by Crippen LogP contribution is 2.30. The molecule has 1 aliphatic rings. The second-order valence-electron chi connectivity index (χ2n) is 7.79. The molecule has 3 heterocycles. The van der Waals surface area contributed by atoms with Crippen molar-refractivity contribution in [2.45, 2.75) is 45.6 Å². The molecular weight excluding hydrogens is 350 g/mol. The number of piperidine rings is 1. The Labute approximate surface area is 165 Å². The number of pyridine rings is 1. The van der Waals surface area contributed by atoms with Crippen LogP contribution in [-0.4, -0.2) is 40.0 Å². The molecule has 1 aromatic carbocycles. The molecule has 146 valence electrons. The summed E-state index contributed by atoms with van der Waals surface area (Å²) in [6.45, 7) is 7.43. The summed E-state index contributed by atoms with van der Waals surface area (Å²) in [7, 11) is 0. The minimum Gasteiger partial charge on any atom is -0.481 e. The number of ether oxygens (including phenoxy) is 1. The molecule has 3 aromatic rings. The van der Waals surface area contributed by atoms with Crippen LogP contribution in [0.1, 0.15) is 42.5 Å². The summed E-state index contributed by atoms with van der Waals surface area (Å²) in [5, 5.41) is 0. The predicted octanol–water partition coefficient (Wildman–Crippen LogP) is 4.35. The number of carbonyl (C=O) groups excluding carboxylic acids is 1. The maximum absolute atomic E-state index is 12.8. The average Bonchev–Trinajstić information content (AvgIpc) is 3.14. The molecule has 1 N–H and O–H groups in total. The van der Waals surface area contributed by atoms with Crippen molar-refractivity contribution < 1.29 is 9.53 Å². The number of aromatic amines is 1. The lowest BCUT2D eigenvalue weighted by Crippen LogP contribution is -2.44. The zero-order valence-corrected chi connectivity index (χ0v) is 16.7. The van der Waals surface area contributed by atoms with Gasteiger partial charge >= 0.3 is 0 Å². The molecule has 4 rings (SSSR count). The van der Waals surface area contributed by atoms with Gasteiger partial charge in [-0.1, -0.05) is 17.7 Å². The lowest BCUT2D eigenvalue weighted by molar-refractivity contribution is -0.139. The van der Waals surface area contributed by atoms with Crippen LogP contribution in [0.5, 0.6) is 5.75 Å². The average molecular weight is 377 g/mol. The summed E-state index contributed by atoms with van der Waals surface area (Å²) < 4.78 is 5.96. The van der Waals surface area contributed by atoms with Crippen molar-refractivity contribution in [1.82, 2.24) is 14.9 Å². The van der Waals surface area contributed by atoms with Gasteiger partial charge in [0.2, 0.25) is 0 Å². The number of aromatic nitrogens is 2. The van der Waals surface area contributed by atoms with Gasteiger partial charge in [-0.05, 0) is 63.4 Å². The second-order valence-corrected chi connectivity index (χ2v) is 7.79. The number of amides is 1. The number of nitrogens with one attached hydrogen (secondary N) is 1. The van der Waals surface area contributed by atoms with Crippen LogP contribution >= 0.6 is 0 Å². The fourth-order valence-corrected chi connectivity index (χ4v) is 4.04. The van der Waals surface area contributed by atoms with Crippen LogP contribution in [0.15, 0.2) is 42.6 Å². The van der Waals surface area contributed by atoms with Gasteiger partial charge in [0, 0.05) is 30.9 Å². The van der Waals surface area contributed by atoms with Crippen LogP contribution in [0, 0.1) is 13.8 Å². The van der Waals surface area contributed by atoms with Crippen LogP contribution < -0.4 is 4.74 Å². The van der Waals surface area contributed by atoms with E-state index >= 15 is 0 Å². The molecule has 1 fully saturated rings. The highest BCUT2D eigenvalue weighted by molar-refractivity contribution is 5.81. The number of hydrogen-bond acceptors (Lipinski definition) is 3. The minimum atomic E-state index is -0.477. The molecule has 0 spiro atoms. The topological polar surface area (TPSA) is 58.2 Å². The molecule has 28 heavy (non-hydrogen) atoms. The monoisotopic (exact) mass is 377 g/mol. The Balaban J connectivity index is 1.36. The third-order valence-corrected chi connectivity index (χ3v) is 5.64. The van der Waals surface area contributed by atoms with Gasteiger partial charge in [0.1, 0.15) is 5.75 Å². The Hall–Kier alpha value is -2.82. The lowest BCUT2D eigenvalue weighted by atomic mass is 9.93. The van der Waals surface area contributed by atoms with E-state index in [-0.39, 0.29) is 5.91 Å². The van der Waals surface area contributed by atoms with Crippen molar-refractivity contribution in [3.8, 4) is 5.75 Å². The van der Waals surface area contributed by atoms with E-state index in [2.05, 4.69) is 35.1 Å². The van der Waals surface area contributed by atoms with Crippen LogP contribution in [0.2, 0.25) is 0 Å². The van der Waals surface area contributed by atoms with Gasteiger partial charge in [-0.15, -0.1) is 0 Å². The third-order valence-electron chi connectivity index (χ3n) is 5.64. The fourth-order valence-electron chi connectivity index (χ4n) is 4.04. The van der Waals surface area contributed by atoms with E-state index in [1.165, 1.54) is 11.3 Å². The number of aryl methyl sites for hydroxylation is 2. The normalized spacial score (nSPS) is 16.3. The van der Waals surface area contributed by atoms with Crippen molar-refractivity contribution in [1.29, 1.82) is 0 Å². The van der Waals surface area contributed by atoms with Gasteiger partial charge in [-0.3, -0.25) is 9.78 Å².